The van der Waals surface area contributed by atoms with Gasteiger partial charge in [-0.3, -0.25) is 0 Å². The summed E-state index contributed by atoms with van der Waals surface area (Å²) in [5, 5.41) is 4.30. The van der Waals surface area contributed by atoms with Crippen LogP contribution in [0, 0.1) is 0 Å². The normalized spacial score (nSPS) is 10.8. The van der Waals surface area contributed by atoms with Crippen molar-refractivity contribution in [2.24, 2.45) is 0 Å². The minimum absolute atomic E-state index is 0.191. The second kappa shape index (κ2) is 11.6. The molecule has 0 bridgehead atoms. The summed E-state index contributed by atoms with van der Waals surface area (Å²) in [6.07, 6.45) is 10.1. The van der Waals surface area contributed by atoms with Crippen LogP contribution in [0.15, 0.2) is 53.8 Å². The Balaban J connectivity index is 1.54. The van der Waals surface area contributed by atoms with E-state index in [2.05, 4.69) is 57.9 Å². The molecule has 0 aliphatic heterocycles. The summed E-state index contributed by atoms with van der Waals surface area (Å²) in [5.41, 5.74) is 2.28. The zero-order valence-electron chi connectivity index (χ0n) is 18.4. The topological polar surface area (TPSA) is 128 Å². The van der Waals surface area contributed by atoms with E-state index < -0.39 is 9.01 Å². The molecule has 0 unspecified atom stereocenters. The van der Waals surface area contributed by atoms with Crippen molar-refractivity contribution in [1.29, 1.82) is 0 Å². The van der Waals surface area contributed by atoms with Crippen molar-refractivity contribution >= 4 is 36.3 Å². The van der Waals surface area contributed by atoms with Gasteiger partial charge in [-0.05, 0) is 34.5 Å². The molecule has 4 rings (SSSR count). The zero-order valence-corrected chi connectivity index (χ0v) is 21.0. The van der Waals surface area contributed by atoms with Gasteiger partial charge in [0.2, 0.25) is 5.88 Å². The third kappa shape index (κ3) is 6.11. The van der Waals surface area contributed by atoms with Crippen LogP contribution in [0.2, 0.25) is 0 Å². The van der Waals surface area contributed by atoms with Crippen molar-refractivity contribution in [1.82, 2.24) is 34.5 Å². The van der Waals surface area contributed by atoms with Gasteiger partial charge in [-0.15, -0.1) is 0 Å². The number of unbranched alkanes of at least 4 members (excludes halogenated alkanes) is 1. The molecule has 0 fully saturated rings. The van der Waals surface area contributed by atoms with Crippen LogP contribution in [0.5, 0.6) is 11.9 Å². The van der Waals surface area contributed by atoms with Crippen LogP contribution >= 0.6 is 15.9 Å². The molecule has 0 aliphatic carbocycles. The molecule has 0 radical (unpaired) electrons. The molecule has 0 atom stereocenters. The SMILES string of the molecule is CCCCN[Si](=O)Nc1ncnc(OCCOc2ncc(Br)cn2)c1-c1ccc2ccnn2c1. The molecular formula is C21H23BrN8O3Si. The molecule has 0 spiro atoms. The largest absolute Gasteiger partial charge is 0.521 e. The van der Waals surface area contributed by atoms with E-state index in [0.717, 1.165) is 28.4 Å². The number of anilines is 1. The predicted octanol–water partition coefficient (Wildman–Crippen LogP) is 3.02. The van der Waals surface area contributed by atoms with Gasteiger partial charge in [-0.1, -0.05) is 19.4 Å². The number of rotatable bonds is 12. The Hall–Kier alpha value is -3.45. The lowest BCUT2D eigenvalue weighted by atomic mass is 10.1. The predicted molar refractivity (Wildman–Crippen MR) is 130 cm³/mol. The third-order valence-corrected chi connectivity index (χ3v) is 6.14. The van der Waals surface area contributed by atoms with E-state index >= 15 is 0 Å². The number of hydrogen-bond acceptors (Lipinski definition) is 8. The van der Waals surface area contributed by atoms with Gasteiger partial charge < -0.3 is 23.9 Å². The number of fused-ring (bicyclic) bond motifs is 1. The molecule has 0 saturated heterocycles. The fourth-order valence-corrected chi connectivity index (χ4v) is 4.17. The summed E-state index contributed by atoms with van der Waals surface area (Å²) in [5.74, 6) is 0.731. The standard InChI is InChI=1S/C21H23BrN8O3Si/c1-2-3-7-28-34(31)29-19-18(15-4-5-17-6-8-27-30(17)13-15)20(26-14-25-19)32-9-10-33-21-23-11-16(22)12-24-21/h4-6,8,11-14,28H,2-3,7,9-10H2,1H3,(H,25,26,29). The van der Waals surface area contributed by atoms with E-state index in [-0.39, 0.29) is 19.2 Å². The van der Waals surface area contributed by atoms with Crippen molar-refractivity contribution in [3.05, 3.63) is 53.8 Å². The van der Waals surface area contributed by atoms with Crippen molar-refractivity contribution in [3.63, 3.8) is 0 Å². The zero-order chi connectivity index (χ0) is 23.8. The minimum atomic E-state index is -2.32. The lowest BCUT2D eigenvalue weighted by molar-refractivity contribution is 0.202. The Morgan fingerprint density at radius 2 is 1.91 bits per heavy atom. The number of aromatic nitrogens is 6. The molecule has 13 heteroatoms. The molecule has 0 amide bonds. The molecule has 176 valence electrons. The summed E-state index contributed by atoms with van der Waals surface area (Å²) in [6.45, 7) is 3.13. The van der Waals surface area contributed by atoms with Crippen LogP contribution in [0.4, 0.5) is 5.82 Å². The molecule has 4 heterocycles. The summed E-state index contributed by atoms with van der Waals surface area (Å²) in [6, 6.07) is 6.00. The lowest BCUT2D eigenvalue weighted by Gasteiger charge is -2.15. The average molecular weight is 543 g/mol. The van der Waals surface area contributed by atoms with Gasteiger partial charge in [0, 0.05) is 36.9 Å². The van der Waals surface area contributed by atoms with Gasteiger partial charge in [-0.2, -0.15) is 5.10 Å². The van der Waals surface area contributed by atoms with Crippen LogP contribution < -0.4 is 19.4 Å². The first-order chi connectivity index (χ1) is 16.6. The summed E-state index contributed by atoms with van der Waals surface area (Å²) in [7, 11) is -2.32. The Morgan fingerprint density at radius 1 is 1.09 bits per heavy atom. The molecule has 0 saturated carbocycles. The van der Waals surface area contributed by atoms with E-state index in [1.54, 1.807) is 23.1 Å². The number of ether oxygens (including phenoxy) is 2. The molecule has 11 nitrogen and oxygen atoms in total. The van der Waals surface area contributed by atoms with Gasteiger partial charge in [0.25, 0.3) is 0 Å². The van der Waals surface area contributed by atoms with E-state index in [1.807, 2.05) is 24.4 Å². The average Bonchev–Trinajstić information content (AvgIpc) is 3.31. The second-order valence-corrected chi connectivity index (χ2v) is 9.31. The molecule has 4 aromatic rings. The van der Waals surface area contributed by atoms with Crippen LogP contribution in [-0.4, -0.2) is 58.3 Å². The maximum atomic E-state index is 12.6. The van der Waals surface area contributed by atoms with E-state index in [1.165, 1.54) is 6.33 Å². The highest BCUT2D eigenvalue weighted by Gasteiger charge is 2.19. The van der Waals surface area contributed by atoms with Gasteiger partial charge in [-0.25, -0.2) is 24.5 Å². The lowest BCUT2D eigenvalue weighted by Crippen LogP contribution is -2.34. The van der Waals surface area contributed by atoms with Crippen molar-refractivity contribution in [3.8, 4) is 23.0 Å². The van der Waals surface area contributed by atoms with Crippen molar-refractivity contribution < 1.29 is 13.9 Å². The van der Waals surface area contributed by atoms with Crippen LogP contribution in [0.1, 0.15) is 19.8 Å². The molecule has 34 heavy (non-hydrogen) atoms. The maximum Gasteiger partial charge on any atom is 0.521 e. The Kier molecular flexibility index (Phi) is 8.09. The first-order valence-corrected chi connectivity index (χ1v) is 12.9. The second-order valence-electron chi connectivity index (χ2n) is 7.14. The maximum absolute atomic E-state index is 12.6. The van der Waals surface area contributed by atoms with Crippen LogP contribution in [0.3, 0.4) is 0 Å². The Morgan fingerprint density at radius 3 is 2.74 bits per heavy atom. The van der Waals surface area contributed by atoms with Gasteiger partial charge >= 0.3 is 15.0 Å². The van der Waals surface area contributed by atoms with E-state index in [4.69, 9.17) is 9.47 Å². The Bertz CT molecular complexity index is 1250. The van der Waals surface area contributed by atoms with Crippen molar-refractivity contribution in [2.75, 3.05) is 24.7 Å². The monoisotopic (exact) mass is 542 g/mol. The van der Waals surface area contributed by atoms with Crippen molar-refractivity contribution in [2.45, 2.75) is 19.8 Å². The highest BCUT2D eigenvalue weighted by molar-refractivity contribution is 9.10. The molecule has 2 N–H and O–H groups in total. The number of pyridine rings is 1. The first kappa shape index (κ1) is 23.7. The summed E-state index contributed by atoms with van der Waals surface area (Å²) >= 11 is 3.29. The smallest absolute Gasteiger partial charge is 0.473 e. The molecular weight excluding hydrogens is 520 g/mol. The number of nitrogens with one attached hydrogen (secondary N) is 2. The van der Waals surface area contributed by atoms with Gasteiger partial charge in [0.1, 0.15) is 25.4 Å². The number of nitrogens with zero attached hydrogens (tertiary/aromatic N) is 6. The van der Waals surface area contributed by atoms with Crippen LogP contribution in [0.25, 0.3) is 16.6 Å². The Labute approximate surface area is 205 Å². The molecule has 4 aromatic heterocycles. The quantitative estimate of drug-likeness (QED) is 0.203. The summed E-state index contributed by atoms with van der Waals surface area (Å²) in [4.78, 5) is 22.8. The summed E-state index contributed by atoms with van der Waals surface area (Å²) < 4.78 is 26.6. The first-order valence-electron chi connectivity index (χ1n) is 10.7. The highest BCUT2D eigenvalue weighted by Crippen LogP contribution is 2.33. The van der Waals surface area contributed by atoms with E-state index in [9.17, 15) is 4.46 Å². The molecule has 0 aliphatic rings. The number of halogens is 1. The fraction of sp³-hybridized carbons (Fsp3) is 0.286. The molecule has 0 aromatic carbocycles. The third-order valence-electron chi connectivity index (χ3n) is 4.69. The van der Waals surface area contributed by atoms with E-state index in [0.29, 0.717) is 23.8 Å². The minimum Gasteiger partial charge on any atom is -0.473 e. The van der Waals surface area contributed by atoms with Gasteiger partial charge in [0.05, 0.1) is 15.6 Å². The van der Waals surface area contributed by atoms with Gasteiger partial charge in [0.15, 0.2) is 0 Å². The van der Waals surface area contributed by atoms with Crippen LogP contribution in [-0.2, 0) is 4.46 Å². The number of hydrogen-bond donors (Lipinski definition) is 2. The highest BCUT2D eigenvalue weighted by atomic mass is 79.9. The fourth-order valence-electron chi connectivity index (χ4n) is 3.07.